The Morgan fingerprint density at radius 1 is 0.643 bits per heavy atom. The van der Waals surface area contributed by atoms with Gasteiger partial charge in [0.15, 0.2) is 0 Å². The van der Waals surface area contributed by atoms with Crippen LogP contribution in [0.3, 0.4) is 0 Å². The minimum atomic E-state index is -1.58. The summed E-state index contributed by atoms with van der Waals surface area (Å²) in [6, 6.07) is 10.4. The van der Waals surface area contributed by atoms with Crippen molar-refractivity contribution in [1.82, 2.24) is 0 Å². The molecule has 0 aromatic heterocycles. The van der Waals surface area contributed by atoms with E-state index in [0.29, 0.717) is 22.3 Å². The first-order valence-electron chi connectivity index (χ1n) is 13.0. The minimum Gasteiger partial charge on any atom is -0.480 e. The van der Waals surface area contributed by atoms with Gasteiger partial charge in [-0.3, -0.25) is 9.59 Å². The van der Waals surface area contributed by atoms with E-state index in [2.05, 4.69) is 9.47 Å². The highest BCUT2D eigenvalue weighted by Crippen LogP contribution is 2.45. The van der Waals surface area contributed by atoms with E-state index in [0.717, 1.165) is 11.1 Å². The zero-order chi connectivity index (χ0) is 30.1. The molecule has 4 aliphatic rings. The number of rotatable bonds is 5. The topological polar surface area (TPSA) is 161 Å². The average molecular weight is 567 g/mol. The van der Waals surface area contributed by atoms with Crippen LogP contribution in [0.2, 0.25) is 0 Å². The Bertz CT molecular complexity index is 1700. The van der Waals surface area contributed by atoms with Crippen LogP contribution in [0.25, 0.3) is 11.1 Å². The second-order valence-electron chi connectivity index (χ2n) is 10.8. The second kappa shape index (κ2) is 9.07. The lowest BCUT2D eigenvalue weighted by Gasteiger charge is -2.31. The molecule has 2 aromatic carbocycles. The SMILES string of the molecule is Cc1cc(-c2ccc(C3(C(=O)O)C=CC4=C(C3)C(=O)OC4=O)c(C)c2)ccc1C1(C(=O)O)C=CC2=C(C1)C(=O)OC2=O. The van der Waals surface area contributed by atoms with Gasteiger partial charge in [0.1, 0.15) is 10.8 Å². The van der Waals surface area contributed by atoms with E-state index >= 15 is 0 Å². The Labute approximate surface area is 238 Å². The van der Waals surface area contributed by atoms with Crippen LogP contribution in [-0.2, 0) is 49.1 Å². The maximum Gasteiger partial charge on any atom is 0.346 e. The Morgan fingerprint density at radius 2 is 1.02 bits per heavy atom. The Balaban J connectivity index is 1.35. The van der Waals surface area contributed by atoms with Gasteiger partial charge in [0.25, 0.3) is 0 Å². The van der Waals surface area contributed by atoms with E-state index < -0.39 is 46.6 Å². The maximum absolute atomic E-state index is 12.6. The van der Waals surface area contributed by atoms with E-state index in [1.54, 1.807) is 50.2 Å². The molecule has 2 aromatic rings. The largest absolute Gasteiger partial charge is 0.480 e. The minimum absolute atomic E-state index is 0.0295. The van der Waals surface area contributed by atoms with Gasteiger partial charge in [-0.05, 0) is 59.4 Å². The number of carboxylic acid groups (broad SMARTS) is 2. The van der Waals surface area contributed by atoms with Crippen molar-refractivity contribution in [3.8, 4) is 11.1 Å². The van der Waals surface area contributed by atoms with Crippen molar-refractivity contribution in [3.63, 3.8) is 0 Å². The molecule has 0 bridgehead atoms. The fourth-order valence-corrected chi connectivity index (χ4v) is 6.25. The molecule has 0 spiro atoms. The number of benzene rings is 2. The fourth-order valence-electron chi connectivity index (χ4n) is 6.25. The lowest BCUT2D eigenvalue weighted by molar-refractivity contribution is -0.153. The second-order valence-corrected chi connectivity index (χ2v) is 10.8. The summed E-state index contributed by atoms with van der Waals surface area (Å²) < 4.78 is 9.33. The van der Waals surface area contributed by atoms with Crippen LogP contribution in [0.15, 0.2) is 83.0 Å². The summed E-state index contributed by atoms with van der Waals surface area (Å²) in [5, 5.41) is 20.5. The summed E-state index contributed by atoms with van der Waals surface area (Å²) in [5.74, 6) is -5.63. The van der Waals surface area contributed by atoms with Gasteiger partial charge < -0.3 is 19.7 Å². The molecule has 0 fully saturated rings. The first-order valence-corrected chi connectivity index (χ1v) is 13.0. The molecular formula is C32H22O10. The van der Waals surface area contributed by atoms with Crippen LogP contribution in [0.4, 0.5) is 0 Å². The Hall–Kier alpha value is -5.38. The van der Waals surface area contributed by atoms with Crippen LogP contribution in [0, 0.1) is 13.8 Å². The van der Waals surface area contributed by atoms with E-state index in [1.165, 1.54) is 24.3 Å². The van der Waals surface area contributed by atoms with Crippen molar-refractivity contribution < 1.29 is 48.5 Å². The highest BCUT2D eigenvalue weighted by atomic mass is 16.6. The van der Waals surface area contributed by atoms with Gasteiger partial charge >= 0.3 is 35.8 Å². The number of ether oxygens (including phenoxy) is 2. The predicted molar refractivity (Wildman–Crippen MR) is 144 cm³/mol. The standard InChI is InChI=1S/C32H22O10/c1-15-11-17(3-5-23(15)31(29(37)38)9-7-19-21(13-31)27(35)41-25(19)33)18-4-6-24(16(2)12-18)32(30(39)40)10-8-20-22(14-32)28(36)42-26(20)34/h3-12H,13-14H2,1-2H3,(H,37,38)(H,39,40). The molecule has 0 saturated carbocycles. The normalized spacial score (nSPS) is 24.5. The average Bonchev–Trinajstić information content (AvgIpc) is 3.40. The van der Waals surface area contributed by atoms with E-state index in [4.69, 9.17) is 0 Å². The third kappa shape index (κ3) is 3.72. The Morgan fingerprint density at radius 3 is 1.36 bits per heavy atom. The van der Waals surface area contributed by atoms with Gasteiger partial charge in [-0.25, -0.2) is 19.2 Å². The van der Waals surface area contributed by atoms with Crippen LogP contribution >= 0.6 is 0 Å². The van der Waals surface area contributed by atoms with Gasteiger partial charge in [-0.2, -0.15) is 0 Å². The van der Waals surface area contributed by atoms with Gasteiger partial charge in [-0.1, -0.05) is 48.6 Å². The summed E-state index contributed by atoms with van der Waals surface area (Å²) in [5.41, 5.74) is 0.653. The van der Waals surface area contributed by atoms with E-state index in [1.807, 2.05) is 0 Å². The molecule has 10 heteroatoms. The quantitative estimate of drug-likeness (QED) is 0.406. The summed E-state index contributed by atoms with van der Waals surface area (Å²) in [4.78, 5) is 73.4. The summed E-state index contributed by atoms with van der Waals surface area (Å²) >= 11 is 0. The molecule has 2 aliphatic heterocycles. The van der Waals surface area contributed by atoms with Crippen molar-refractivity contribution >= 4 is 35.8 Å². The molecule has 2 unspecified atom stereocenters. The number of hydrogen-bond donors (Lipinski definition) is 2. The van der Waals surface area contributed by atoms with Crippen molar-refractivity contribution in [1.29, 1.82) is 0 Å². The molecule has 2 atom stereocenters. The smallest absolute Gasteiger partial charge is 0.346 e. The molecular weight excluding hydrogens is 544 g/mol. The molecule has 10 nitrogen and oxygen atoms in total. The molecule has 0 amide bonds. The van der Waals surface area contributed by atoms with Gasteiger partial charge in [0.2, 0.25) is 0 Å². The first-order chi connectivity index (χ1) is 19.9. The van der Waals surface area contributed by atoms with Crippen molar-refractivity contribution in [2.75, 3.05) is 0 Å². The number of aryl methyl sites for hydroxylation is 2. The molecule has 0 saturated heterocycles. The highest BCUT2D eigenvalue weighted by Gasteiger charge is 2.49. The van der Waals surface area contributed by atoms with Crippen LogP contribution in [0.5, 0.6) is 0 Å². The number of esters is 4. The fraction of sp³-hybridized carbons (Fsp3) is 0.188. The molecule has 2 aliphatic carbocycles. The van der Waals surface area contributed by atoms with E-state index in [-0.39, 0.29) is 35.1 Å². The number of carboxylic acids is 2. The van der Waals surface area contributed by atoms with Crippen LogP contribution in [0.1, 0.15) is 35.1 Å². The van der Waals surface area contributed by atoms with Gasteiger partial charge in [-0.15, -0.1) is 0 Å². The first kappa shape index (κ1) is 26.8. The lowest BCUT2D eigenvalue weighted by Crippen LogP contribution is -2.37. The summed E-state index contributed by atoms with van der Waals surface area (Å²) in [6.45, 7) is 3.50. The van der Waals surface area contributed by atoms with Crippen molar-refractivity contribution in [2.45, 2.75) is 37.5 Å². The molecule has 42 heavy (non-hydrogen) atoms. The molecule has 2 N–H and O–H groups in total. The highest BCUT2D eigenvalue weighted by molar-refractivity contribution is 6.16. The zero-order valence-corrected chi connectivity index (χ0v) is 22.3. The number of aliphatic carboxylic acids is 2. The molecule has 210 valence electrons. The zero-order valence-electron chi connectivity index (χ0n) is 22.3. The number of cyclic esters (lactones) is 4. The van der Waals surface area contributed by atoms with Crippen LogP contribution < -0.4 is 0 Å². The third-order valence-electron chi connectivity index (χ3n) is 8.44. The van der Waals surface area contributed by atoms with Crippen molar-refractivity contribution in [2.24, 2.45) is 0 Å². The molecule has 0 radical (unpaired) electrons. The monoisotopic (exact) mass is 566 g/mol. The number of carbonyl (C=O) groups is 6. The summed E-state index contributed by atoms with van der Waals surface area (Å²) in [6.07, 6.45) is 5.02. The van der Waals surface area contributed by atoms with E-state index in [9.17, 15) is 39.0 Å². The predicted octanol–water partition coefficient (Wildman–Crippen LogP) is 3.30. The third-order valence-corrected chi connectivity index (χ3v) is 8.44. The molecule has 2 heterocycles. The number of carbonyl (C=O) groups excluding carboxylic acids is 4. The summed E-state index contributed by atoms with van der Waals surface area (Å²) in [7, 11) is 0. The Kier molecular flexibility index (Phi) is 5.79. The van der Waals surface area contributed by atoms with Crippen LogP contribution in [-0.4, -0.2) is 46.0 Å². The molecule has 6 rings (SSSR count). The van der Waals surface area contributed by atoms with Gasteiger partial charge in [0, 0.05) is 12.8 Å². The van der Waals surface area contributed by atoms with Gasteiger partial charge in [0.05, 0.1) is 22.3 Å². The maximum atomic E-state index is 12.6. The van der Waals surface area contributed by atoms with Crippen molar-refractivity contribution in [3.05, 3.63) is 105 Å². The lowest BCUT2D eigenvalue weighted by atomic mass is 9.69. The number of hydrogen-bond acceptors (Lipinski definition) is 8.